The molecule has 0 saturated heterocycles. The molecule has 2 aromatic rings. The summed E-state index contributed by atoms with van der Waals surface area (Å²) in [5.41, 5.74) is 0.00344. The number of aromatic nitrogens is 1. The first-order valence-electron chi connectivity index (χ1n) is 5.75. The summed E-state index contributed by atoms with van der Waals surface area (Å²) < 4.78 is 13.6. The summed E-state index contributed by atoms with van der Waals surface area (Å²) >= 11 is 4.46. The maximum absolute atomic E-state index is 13.5. The van der Waals surface area contributed by atoms with Crippen LogP contribution in [0.15, 0.2) is 28.2 Å². The van der Waals surface area contributed by atoms with E-state index in [2.05, 4.69) is 26.2 Å². The highest BCUT2D eigenvalue weighted by molar-refractivity contribution is 9.10. The molecule has 5 nitrogen and oxygen atoms in total. The van der Waals surface area contributed by atoms with E-state index in [0.717, 1.165) is 17.1 Å². The zero-order valence-electron chi connectivity index (χ0n) is 10.5. The van der Waals surface area contributed by atoms with Crippen LogP contribution in [-0.4, -0.2) is 16.5 Å². The Labute approximate surface area is 127 Å². The number of halogens is 2. The number of hydrogen-bond donors (Lipinski definition) is 1. The van der Waals surface area contributed by atoms with Crippen molar-refractivity contribution < 1.29 is 9.31 Å². The van der Waals surface area contributed by atoms with Crippen molar-refractivity contribution >= 4 is 38.6 Å². The predicted molar refractivity (Wildman–Crippen MR) is 79.8 cm³/mol. The normalized spacial score (nSPS) is 12.2. The third kappa shape index (κ3) is 3.31. The molecule has 1 aromatic heterocycles. The topological polar surface area (TPSA) is 68.1 Å². The molecular weight excluding hydrogens is 349 g/mol. The summed E-state index contributed by atoms with van der Waals surface area (Å²) in [6, 6.07) is 2.28. The Morgan fingerprint density at radius 2 is 2.35 bits per heavy atom. The number of nitro groups is 1. The molecule has 1 atom stereocenters. The molecule has 1 N–H and O–H groups in total. The van der Waals surface area contributed by atoms with Gasteiger partial charge >= 0.3 is 0 Å². The minimum Gasteiger partial charge on any atom is -0.379 e. The van der Waals surface area contributed by atoms with Gasteiger partial charge in [-0.3, -0.25) is 10.1 Å². The summed E-state index contributed by atoms with van der Waals surface area (Å²) in [5, 5.41) is 16.7. The molecule has 8 heteroatoms. The van der Waals surface area contributed by atoms with Crippen molar-refractivity contribution in [2.45, 2.75) is 12.8 Å². The van der Waals surface area contributed by atoms with E-state index < -0.39 is 10.7 Å². The molecule has 2 rings (SSSR count). The number of anilines is 1. The van der Waals surface area contributed by atoms with Crippen LogP contribution in [0.5, 0.6) is 0 Å². The average molecular weight is 360 g/mol. The molecule has 0 radical (unpaired) electrons. The lowest BCUT2D eigenvalue weighted by Crippen LogP contribution is -2.11. The molecule has 1 heterocycles. The molecule has 0 aliphatic carbocycles. The van der Waals surface area contributed by atoms with E-state index in [9.17, 15) is 14.5 Å². The van der Waals surface area contributed by atoms with Crippen LogP contribution in [-0.2, 0) is 0 Å². The van der Waals surface area contributed by atoms with Crippen LogP contribution in [0.2, 0.25) is 0 Å². The van der Waals surface area contributed by atoms with Gasteiger partial charge < -0.3 is 5.32 Å². The summed E-state index contributed by atoms with van der Waals surface area (Å²) in [6.45, 7) is 2.39. The van der Waals surface area contributed by atoms with Crippen molar-refractivity contribution in [3.8, 4) is 0 Å². The zero-order chi connectivity index (χ0) is 14.7. The lowest BCUT2D eigenvalue weighted by Gasteiger charge is -2.12. The molecule has 0 aliphatic rings. The fourth-order valence-electron chi connectivity index (χ4n) is 1.66. The summed E-state index contributed by atoms with van der Waals surface area (Å²) in [7, 11) is 0. The zero-order valence-corrected chi connectivity index (χ0v) is 12.9. The van der Waals surface area contributed by atoms with Crippen molar-refractivity contribution in [2.24, 2.45) is 0 Å². The van der Waals surface area contributed by atoms with Crippen LogP contribution in [0.3, 0.4) is 0 Å². The Bertz CT molecular complexity index is 621. The molecule has 106 valence electrons. The SMILES string of the molecule is CC(CNc1cc(F)c(Br)cc1[N+](=O)[O-])c1nccs1. The van der Waals surface area contributed by atoms with E-state index in [4.69, 9.17) is 0 Å². The first-order chi connectivity index (χ1) is 9.49. The second kappa shape index (κ2) is 6.27. The second-order valence-electron chi connectivity index (χ2n) is 4.19. The van der Waals surface area contributed by atoms with Gasteiger partial charge in [-0.05, 0) is 15.9 Å². The molecule has 0 amide bonds. The van der Waals surface area contributed by atoms with Crippen LogP contribution >= 0.6 is 27.3 Å². The maximum atomic E-state index is 13.5. The lowest BCUT2D eigenvalue weighted by atomic mass is 10.2. The van der Waals surface area contributed by atoms with Gasteiger partial charge in [0.25, 0.3) is 5.69 Å². The lowest BCUT2D eigenvalue weighted by molar-refractivity contribution is -0.384. The molecule has 1 aromatic carbocycles. The Morgan fingerprint density at radius 1 is 1.60 bits per heavy atom. The van der Waals surface area contributed by atoms with Gasteiger partial charge in [-0.15, -0.1) is 11.3 Å². The van der Waals surface area contributed by atoms with Crippen molar-refractivity contribution in [1.82, 2.24) is 4.98 Å². The molecule has 1 unspecified atom stereocenters. The monoisotopic (exact) mass is 359 g/mol. The number of nitrogens with one attached hydrogen (secondary N) is 1. The van der Waals surface area contributed by atoms with Crippen molar-refractivity contribution in [3.05, 3.63) is 49.1 Å². The molecule has 0 aliphatic heterocycles. The number of rotatable bonds is 5. The van der Waals surface area contributed by atoms with Crippen molar-refractivity contribution in [3.63, 3.8) is 0 Å². The largest absolute Gasteiger partial charge is 0.379 e. The van der Waals surface area contributed by atoms with E-state index >= 15 is 0 Å². The van der Waals surface area contributed by atoms with Gasteiger partial charge in [0.15, 0.2) is 0 Å². The summed E-state index contributed by atoms with van der Waals surface area (Å²) in [5.74, 6) is -0.457. The van der Waals surface area contributed by atoms with Crippen LogP contribution in [0.25, 0.3) is 0 Å². The maximum Gasteiger partial charge on any atom is 0.293 e. The number of nitrogens with zero attached hydrogens (tertiary/aromatic N) is 2. The number of nitro benzene ring substituents is 1. The molecular formula is C12H11BrFN3O2S. The van der Waals surface area contributed by atoms with E-state index in [0.29, 0.717) is 6.54 Å². The molecule has 0 fully saturated rings. The third-order valence-corrected chi connectivity index (χ3v) is 4.32. The van der Waals surface area contributed by atoms with Gasteiger partial charge in [0, 0.05) is 36.2 Å². The Morgan fingerprint density at radius 3 is 2.95 bits per heavy atom. The number of hydrogen-bond acceptors (Lipinski definition) is 5. The number of benzene rings is 1. The van der Waals surface area contributed by atoms with Crippen LogP contribution in [0, 0.1) is 15.9 Å². The molecule has 0 bridgehead atoms. The first kappa shape index (κ1) is 14.9. The van der Waals surface area contributed by atoms with E-state index in [-0.39, 0.29) is 21.8 Å². The van der Waals surface area contributed by atoms with Crippen LogP contribution < -0.4 is 5.32 Å². The molecule has 0 spiro atoms. The Hall–Kier alpha value is -1.54. The van der Waals surface area contributed by atoms with Crippen molar-refractivity contribution in [1.29, 1.82) is 0 Å². The fraction of sp³-hybridized carbons (Fsp3) is 0.250. The summed E-state index contributed by atoms with van der Waals surface area (Å²) in [6.07, 6.45) is 1.71. The molecule has 20 heavy (non-hydrogen) atoms. The first-order valence-corrected chi connectivity index (χ1v) is 7.43. The predicted octanol–water partition coefficient (Wildman–Crippen LogP) is 4.17. The van der Waals surface area contributed by atoms with Gasteiger partial charge in [0.05, 0.1) is 14.4 Å². The number of thiazole rings is 1. The quantitative estimate of drug-likeness (QED) is 0.642. The standard InChI is InChI=1S/C12H11BrFN3O2S/c1-7(12-15-2-3-20-12)6-16-10-5-9(14)8(13)4-11(10)17(18)19/h2-5,7,16H,6H2,1H3. The Balaban J connectivity index is 2.16. The van der Waals surface area contributed by atoms with E-state index in [1.165, 1.54) is 11.3 Å². The van der Waals surface area contributed by atoms with Crippen LogP contribution in [0.4, 0.5) is 15.8 Å². The highest BCUT2D eigenvalue weighted by Crippen LogP contribution is 2.31. The van der Waals surface area contributed by atoms with Crippen molar-refractivity contribution in [2.75, 3.05) is 11.9 Å². The smallest absolute Gasteiger partial charge is 0.293 e. The molecule has 0 saturated carbocycles. The average Bonchev–Trinajstić information content (AvgIpc) is 2.93. The van der Waals surface area contributed by atoms with Gasteiger partial charge in [-0.25, -0.2) is 9.37 Å². The second-order valence-corrected chi connectivity index (χ2v) is 5.97. The van der Waals surface area contributed by atoms with E-state index in [1.807, 2.05) is 12.3 Å². The van der Waals surface area contributed by atoms with Gasteiger partial charge in [-0.1, -0.05) is 6.92 Å². The minimum atomic E-state index is -0.542. The minimum absolute atomic E-state index is 0.0720. The Kier molecular flexibility index (Phi) is 4.66. The highest BCUT2D eigenvalue weighted by atomic mass is 79.9. The van der Waals surface area contributed by atoms with Gasteiger partial charge in [0.1, 0.15) is 11.5 Å². The third-order valence-electron chi connectivity index (χ3n) is 2.71. The van der Waals surface area contributed by atoms with Gasteiger partial charge in [0.2, 0.25) is 0 Å². The fourth-order valence-corrected chi connectivity index (χ4v) is 2.69. The van der Waals surface area contributed by atoms with Crippen LogP contribution in [0.1, 0.15) is 17.8 Å². The highest BCUT2D eigenvalue weighted by Gasteiger charge is 2.18. The van der Waals surface area contributed by atoms with Gasteiger partial charge in [-0.2, -0.15) is 0 Å². The summed E-state index contributed by atoms with van der Waals surface area (Å²) in [4.78, 5) is 14.6. The van der Waals surface area contributed by atoms with E-state index in [1.54, 1.807) is 6.20 Å².